The molecule has 0 amide bonds. The monoisotopic (exact) mass is 255 g/mol. The second kappa shape index (κ2) is 6.36. The van der Waals surface area contributed by atoms with Crippen LogP contribution in [0.2, 0.25) is 0 Å². The Morgan fingerprint density at radius 1 is 1.00 bits per heavy atom. The first-order valence-corrected chi connectivity index (χ1v) is 7.72. The summed E-state index contributed by atoms with van der Waals surface area (Å²) in [4.78, 5) is 0. The van der Waals surface area contributed by atoms with E-state index in [2.05, 4.69) is 5.32 Å². The highest BCUT2D eigenvalue weighted by atomic mass is 16.3. The number of nitrogens with one attached hydrogen (secondary N) is 1. The molecular weight excluding hydrogens is 226 g/mol. The normalized spacial score (nSPS) is 33.2. The fraction of sp³-hybridized carbons (Fsp3) is 1.00. The van der Waals surface area contributed by atoms with Crippen LogP contribution in [0.1, 0.15) is 58.3 Å². The number of hydrogen-bond acceptors (Lipinski definition) is 3. The third kappa shape index (κ3) is 3.06. The van der Waals surface area contributed by atoms with Gasteiger partial charge in [-0.25, -0.2) is 0 Å². The topological polar surface area (TPSA) is 52.5 Å². The molecule has 18 heavy (non-hydrogen) atoms. The molecule has 0 spiro atoms. The number of fused-ring (bicyclic) bond motifs is 1. The summed E-state index contributed by atoms with van der Waals surface area (Å²) < 4.78 is 0. The molecule has 0 aromatic rings. The number of rotatable bonds is 5. The second-order valence-corrected chi connectivity index (χ2v) is 6.41. The van der Waals surface area contributed by atoms with Crippen molar-refractivity contribution >= 4 is 0 Å². The molecule has 2 saturated carbocycles. The maximum atomic E-state index is 9.52. The molecule has 0 aromatic carbocycles. The molecule has 3 N–H and O–H groups in total. The zero-order valence-electron chi connectivity index (χ0n) is 11.7. The van der Waals surface area contributed by atoms with Crippen LogP contribution in [0.15, 0.2) is 0 Å². The first kappa shape index (κ1) is 14.3. The molecule has 2 aliphatic rings. The predicted molar refractivity (Wildman–Crippen MR) is 73.4 cm³/mol. The Kier molecular flexibility index (Phi) is 5.05. The Hall–Kier alpha value is -0.120. The summed E-state index contributed by atoms with van der Waals surface area (Å²) in [6.07, 6.45) is 10.2. The van der Waals surface area contributed by atoms with Gasteiger partial charge in [0.15, 0.2) is 0 Å². The predicted octanol–water partition coefficient (Wildman–Crippen LogP) is 2.07. The lowest BCUT2D eigenvalue weighted by Crippen LogP contribution is -2.56. The zero-order valence-corrected chi connectivity index (χ0v) is 11.7. The third-order valence-electron chi connectivity index (χ3n) is 5.33. The van der Waals surface area contributed by atoms with Gasteiger partial charge >= 0.3 is 0 Å². The Bertz CT molecular complexity index is 245. The molecule has 0 heterocycles. The van der Waals surface area contributed by atoms with Crippen molar-refractivity contribution in [1.82, 2.24) is 5.32 Å². The first-order valence-electron chi connectivity index (χ1n) is 7.72. The summed E-state index contributed by atoms with van der Waals surface area (Å²) in [7, 11) is 0. The van der Waals surface area contributed by atoms with Crippen LogP contribution in [-0.4, -0.2) is 35.0 Å². The molecule has 3 heteroatoms. The quantitative estimate of drug-likeness (QED) is 0.705. The van der Waals surface area contributed by atoms with Crippen LogP contribution in [0.4, 0.5) is 0 Å². The van der Waals surface area contributed by atoms with Crippen molar-refractivity contribution in [2.45, 2.75) is 69.9 Å². The van der Waals surface area contributed by atoms with Crippen LogP contribution in [0.5, 0.6) is 0 Å². The van der Waals surface area contributed by atoms with Crippen molar-refractivity contribution in [1.29, 1.82) is 0 Å². The largest absolute Gasteiger partial charge is 0.394 e. The molecule has 3 nitrogen and oxygen atoms in total. The Labute approximate surface area is 111 Å². The zero-order chi connectivity index (χ0) is 13.0. The van der Waals surface area contributed by atoms with E-state index in [4.69, 9.17) is 0 Å². The summed E-state index contributed by atoms with van der Waals surface area (Å²) >= 11 is 0. The van der Waals surface area contributed by atoms with Crippen molar-refractivity contribution in [3.8, 4) is 0 Å². The van der Waals surface area contributed by atoms with Crippen molar-refractivity contribution in [3.63, 3.8) is 0 Å². The first-order chi connectivity index (χ1) is 8.73. The maximum Gasteiger partial charge on any atom is 0.0647 e. The maximum absolute atomic E-state index is 9.52. The molecule has 0 bridgehead atoms. The van der Waals surface area contributed by atoms with Gasteiger partial charge in [-0.05, 0) is 37.5 Å². The fourth-order valence-electron chi connectivity index (χ4n) is 3.90. The molecule has 3 unspecified atom stereocenters. The lowest BCUT2D eigenvalue weighted by molar-refractivity contribution is 0.0558. The third-order valence-corrected chi connectivity index (χ3v) is 5.33. The average molecular weight is 255 g/mol. The van der Waals surface area contributed by atoms with Gasteiger partial charge in [0, 0.05) is 6.04 Å². The van der Waals surface area contributed by atoms with Gasteiger partial charge in [-0.3, -0.25) is 0 Å². The Morgan fingerprint density at radius 2 is 1.67 bits per heavy atom. The van der Waals surface area contributed by atoms with E-state index in [0.717, 1.165) is 18.3 Å². The highest BCUT2D eigenvalue weighted by Gasteiger charge is 2.36. The highest BCUT2D eigenvalue weighted by Crippen LogP contribution is 2.40. The second-order valence-electron chi connectivity index (χ2n) is 6.41. The Morgan fingerprint density at radius 3 is 2.28 bits per heavy atom. The van der Waals surface area contributed by atoms with Crippen LogP contribution in [0.25, 0.3) is 0 Å². The van der Waals surface area contributed by atoms with Gasteiger partial charge in [-0.2, -0.15) is 0 Å². The van der Waals surface area contributed by atoms with E-state index in [1.165, 1.54) is 44.9 Å². The van der Waals surface area contributed by atoms with Crippen LogP contribution in [-0.2, 0) is 0 Å². The van der Waals surface area contributed by atoms with E-state index >= 15 is 0 Å². The van der Waals surface area contributed by atoms with Crippen LogP contribution >= 0.6 is 0 Å². The van der Waals surface area contributed by atoms with Gasteiger partial charge in [0.1, 0.15) is 0 Å². The SMILES string of the molecule is CCC(CO)(CO)NC1CCC2CCCCC2C1. The molecule has 0 saturated heterocycles. The van der Waals surface area contributed by atoms with E-state index in [9.17, 15) is 10.2 Å². The van der Waals surface area contributed by atoms with Gasteiger partial charge in [0.25, 0.3) is 0 Å². The smallest absolute Gasteiger partial charge is 0.0647 e. The summed E-state index contributed by atoms with van der Waals surface area (Å²) in [5, 5.41) is 22.6. The van der Waals surface area contributed by atoms with Crippen molar-refractivity contribution in [2.75, 3.05) is 13.2 Å². The van der Waals surface area contributed by atoms with Crippen molar-refractivity contribution < 1.29 is 10.2 Å². The van der Waals surface area contributed by atoms with E-state index in [-0.39, 0.29) is 13.2 Å². The van der Waals surface area contributed by atoms with Crippen LogP contribution in [0, 0.1) is 11.8 Å². The minimum Gasteiger partial charge on any atom is -0.394 e. The van der Waals surface area contributed by atoms with Gasteiger partial charge in [-0.1, -0.05) is 32.6 Å². The number of hydrogen-bond donors (Lipinski definition) is 3. The lowest BCUT2D eigenvalue weighted by atomic mass is 9.69. The van der Waals surface area contributed by atoms with Gasteiger partial charge in [-0.15, -0.1) is 0 Å². The molecule has 2 aliphatic carbocycles. The van der Waals surface area contributed by atoms with E-state index in [1.54, 1.807) is 0 Å². The molecule has 3 atom stereocenters. The minimum absolute atomic E-state index is 0.0323. The van der Waals surface area contributed by atoms with Crippen molar-refractivity contribution in [3.05, 3.63) is 0 Å². The number of aliphatic hydroxyl groups excluding tert-OH is 2. The molecule has 0 radical (unpaired) electrons. The van der Waals surface area contributed by atoms with Gasteiger partial charge < -0.3 is 15.5 Å². The molecular formula is C15H29NO2. The fourth-order valence-corrected chi connectivity index (χ4v) is 3.90. The Balaban J connectivity index is 1.90. The molecule has 2 rings (SSSR count). The van der Waals surface area contributed by atoms with E-state index < -0.39 is 5.54 Å². The molecule has 0 aromatic heterocycles. The summed E-state index contributed by atoms with van der Waals surface area (Å²) in [6.45, 7) is 2.10. The standard InChI is InChI=1S/C15H29NO2/c1-2-15(10-17,11-18)16-14-8-7-12-5-3-4-6-13(12)9-14/h12-14,16-18H,2-11H2,1H3. The summed E-state index contributed by atoms with van der Waals surface area (Å²) in [6, 6.07) is 0.489. The van der Waals surface area contributed by atoms with Gasteiger partial charge in [0.05, 0.1) is 18.8 Å². The molecule has 106 valence electrons. The number of aliphatic hydroxyl groups is 2. The average Bonchev–Trinajstić information content (AvgIpc) is 2.45. The van der Waals surface area contributed by atoms with Gasteiger partial charge in [0.2, 0.25) is 0 Å². The van der Waals surface area contributed by atoms with E-state index in [0.29, 0.717) is 6.04 Å². The van der Waals surface area contributed by atoms with Crippen molar-refractivity contribution in [2.24, 2.45) is 11.8 Å². The van der Waals surface area contributed by atoms with Crippen LogP contribution in [0.3, 0.4) is 0 Å². The van der Waals surface area contributed by atoms with Crippen LogP contribution < -0.4 is 5.32 Å². The highest BCUT2D eigenvalue weighted by molar-refractivity contribution is 4.93. The summed E-state index contributed by atoms with van der Waals surface area (Å²) in [5.74, 6) is 1.84. The van der Waals surface area contributed by atoms with E-state index in [1.807, 2.05) is 6.92 Å². The molecule has 0 aliphatic heterocycles. The minimum atomic E-state index is -0.466. The summed E-state index contributed by atoms with van der Waals surface area (Å²) in [5.41, 5.74) is -0.466. The lowest BCUT2D eigenvalue weighted by Gasteiger charge is -2.43. The molecule has 2 fully saturated rings.